The average molecular weight is 479 g/mol. The number of hydrogen-bond donors (Lipinski definition) is 0. The molecular weight excluding hydrogens is 457 g/mol. The number of rotatable bonds is 4. The van der Waals surface area contributed by atoms with Crippen molar-refractivity contribution in [2.45, 2.75) is 26.6 Å². The zero-order valence-corrected chi connectivity index (χ0v) is 18.9. The molecule has 0 aliphatic carbocycles. The third-order valence-electron chi connectivity index (χ3n) is 5.54. The maximum absolute atomic E-state index is 14.3. The Morgan fingerprint density at radius 3 is 2.27 bits per heavy atom. The molecule has 6 nitrogen and oxygen atoms in total. The Kier molecular flexibility index (Phi) is 6.45. The van der Waals surface area contributed by atoms with Crippen molar-refractivity contribution in [3.05, 3.63) is 70.0 Å². The topological polar surface area (TPSA) is 60.2 Å². The van der Waals surface area contributed by atoms with Gasteiger partial charge in [-0.2, -0.15) is 13.2 Å². The Labute approximate surface area is 194 Å². The average Bonchev–Trinajstić information content (AvgIpc) is 3.08. The lowest BCUT2D eigenvalue weighted by Crippen LogP contribution is -2.42. The summed E-state index contributed by atoms with van der Waals surface area (Å²) in [6, 6.07) is 6.42. The molecule has 0 atom stereocenters. The Bertz CT molecular complexity index is 1150. The third kappa shape index (κ3) is 4.74. The van der Waals surface area contributed by atoms with Crippen LogP contribution in [0, 0.1) is 13.8 Å². The van der Waals surface area contributed by atoms with E-state index in [1.54, 1.807) is 31.2 Å². The van der Waals surface area contributed by atoms with E-state index >= 15 is 0 Å². The molecule has 3 aromatic rings. The summed E-state index contributed by atoms with van der Waals surface area (Å²) in [5.41, 5.74) is 0.505. The van der Waals surface area contributed by atoms with Crippen molar-refractivity contribution < 1.29 is 22.7 Å². The largest absolute Gasteiger partial charge is 0.431 e. The Morgan fingerprint density at radius 2 is 1.70 bits per heavy atom. The molecule has 0 N–H and O–H groups in total. The van der Waals surface area contributed by atoms with Crippen molar-refractivity contribution in [1.29, 1.82) is 0 Å². The lowest BCUT2D eigenvalue weighted by Gasteiger charge is -2.28. The molecule has 0 spiro atoms. The number of aromatic nitrogens is 3. The first-order valence-corrected chi connectivity index (χ1v) is 10.8. The molecule has 1 saturated heterocycles. The molecule has 10 heteroatoms. The van der Waals surface area contributed by atoms with E-state index in [-0.39, 0.29) is 29.2 Å². The molecule has 2 aromatic heterocycles. The van der Waals surface area contributed by atoms with Crippen LogP contribution in [-0.2, 0) is 17.5 Å². The number of ether oxygens (including phenoxy) is 1. The van der Waals surface area contributed by atoms with Crippen LogP contribution in [0.5, 0.6) is 0 Å². The summed E-state index contributed by atoms with van der Waals surface area (Å²) in [6.07, 6.45) is -1.62. The SMILES string of the molecule is Cc1cnc(Cn2c(C(=O)N3CCOCC3)c(-c3ccc(Cl)cc3)c(C)c2C(F)(F)F)nc1. The van der Waals surface area contributed by atoms with Gasteiger partial charge in [0, 0.05) is 36.1 Å². The first kappa shape index (κ1) is 23.3. The molecule has 1 aliphatic heterocycles. The van der Waals surface area contributed by atoms with E-state index < -0.39 is 17.8 Å². The maximum Gasteiger partial charge on any atom is 0.431 e. The summed E-state index contributed by atoms with van der Waals surface area (Å²) >= 11 is 6.00. The van der Waals surface area contributed by atoms with E-state index in [4.69, 9.17) is 16.3 Å². The molecule has 0 saturated carbocycles. The van der Waals surface area contributed by atoms with Crippen LogP contribution in [-0.4, -0.2) is 51.6 Å². The van der Waals surface area contributed by atoms with Crippen LogP contribution in [0.25, 0.3) is 11.1 Å². The summed E-state index contributed by atoms with van der Waals surface area (Å²) < 4.78 is 49.3. The van der Waals surface area contributed by atoms with Gasteiger partial charge in [-0.1, -0.05) is 23.7 Å². The normalized spacial score (nSPS) is 14.5. The Morgan fingerprint density at radius 1 is 1.09 bits per heavy atom. The van der Waals surface area contributed by atoms with Crippen molar-refractivity contribution in [2.24, 2.45) is 0 Å². The minimum absolute atomic E-state index is 0.0338. The molecule has 33 heavy (non-hydrogen) atoms. The highest BCUT2D eigenvalue weighted by atomic mass is 35.5. The summed E-state index contributed by atoms with van der Waals surface area (Å²) in [5, 5.41) is 0.445. The van der Waals surface area contributed by atoms with Crippen LogP contribution in [0.1, 0.15) is 33.1 Å². The van der Waals surface area contributed by atoms with Crippen LogP contribution >= 0.6 is 11.6 Å². The van der Waals surface area contributed by atoms with Crippen molar-refractivity contribution in [2.75, 3.05) is 26.3 Å². The van der Waals surface area contributed by atoms with Crippen LogP contribution in [0.3, 0.4) is 0 Å². The fourth-order valence-electron chi connectivity index (χ4n) is 4.02. The number of hydrogen-bond acceptors (Lipinski definition) is 4. The molecule has 0 radical (unpaired) electrons. The number of benzene rings is 1. The summed E-state index contributed by atoms with van der Waals surface area (Å²) in [4.78, 5) is 23.5. The van der Waals surface area contributed by atoms with Gasteiger partial charge in [0.25, 0.3) is 5.91 Å². The van der Waals surface area contributed by atoms with Crippen molar-refractivity contribution >= 4 is 17.5 Å². The van der Waals surface area contributed by atoms with Crippen LogP contribution in [0.4, 0.5) is 13.2 Å². The number of halogens is 4. The molecule has 1 aromatic carbocycles. The molecule has 4 rings (SSSR count). The van der Waals surface area contributed by atoms with Crippen molar-refractivity contribution in [3.63, 3.8) is 0 Å². The lowest BCUT2D eigenvalue weighted by atomic mass is 10.00. The van der Waals surface area contributed by atoms with E-state index in [2.05, 4.69) is 9.97 Å². The quantitative estimate of drug-likeness (QED) is 0.542. The second-order valence-electron chi connectivity index (χ2n) is 7.87. The number of amides is 1. The first-order valence-electron chi connectivity index (χ1n) is 10.4. The molecule has 1 fully saturated rings. The minimum Gasteiger partial charge on any atom is -0.378 e. The fourth-order valence-corrected chi connectivity index (χ4v) is 4.15. The van der Waals surface area contributed by atoms with Gasteiger partial charge in [0.2, 0.25) is 0 Å². The zero-order chi connectivity index (χ0) is 23.8. The fraction of sp³-hybridized carbons (Fsp3) is 0.348. The highest BCUT2D eigenvalue weighted by Crippen LogP contribution is 2.41. The van der Waals surface area contributed by atoms with Gasteiger partial charge in [0.1, 0.15) is 17.2 Å². The molecule has 174 valence electrons. The van der Waals surface area contributed by atoms with E-state index in [0.717, 1.165) is 10.1 Å². The van der Waals surface area contributed by atoms with Gasteiger partial charge in [-0.3, -0.25) is 4.79 Å². The molecule has 1 amide bonds. The van der Waals surface area contributed by atoms with Gasteiger partial charge >= 0.3 is 6.18 Å². The summed E-state index contributed by atoms with van der Waals surface area (Å²) in [7, 11) is 0. The lowest BCUT2D eigenvalue weighted by molar-refractivity contribution is -0.143. The maximum atomic E-state index is 14.3. The zero-order valence-electron chi connectivity index (χ0n) is 18.1. The van der Waals surface area contributed by atoms with Gasteiger partial charge in [0.15, 0.2) is 0 Å². The summed E-state index contributed by atoms with van der Waals surface area (Å²) in [5.74, 6) is -0.311. The van der Waals surface area contributed by atoms with Gasteiger partial charge in [0.05, 0.1) is 19.8 Å². The van der Waals surface area contributed by atoms with E-state index in [1.165, 1.54) is 24.2 Å². The van der Waals surface area contributed by atoms with Gasteiger partial charge < -0.3 is 14.2 Å². The first-order chi connectivity index (χ1) is 15.7. The highest BCUT2D eigenvalue weighted by Gasteiger charge is 2.42. The second kappa shape index (κ2) is 9.15. The Hall–Kier alpha value is -2.91. The van der Waals surface area contributed by atoms with E-state index in [1.807, 2.05) is 0 Å². The van der Waals surface area contributed by atoms with E-state index in [0.29, 0.717) is 36.9 Å². The van der Waals surface area contributed by atoms with Crippen LogP contribution in [0.2, 0.25) is 5.02 Å². The Balaban J connectivity index is 1.96. The smallest absolute Gasteiger partial charge is 0.378 e. The van der Waals surface area contributed by atoms with Gasteiger partial charge in [-0.05, 0) is 42.7 Å². The standard InChI is InChI=1S/C23H22ClF3N4O2/c1-14-11-28-18(29-12-14)13-31-20(22(32)30-7-9-33-10-8-30)19(15(2)21(31)23(25,26)27)16-3-5-17(24)6-4-16/h3-6,11-12H,7-10,13H2,1-2H3. The number of alkyl halides is 3. The molecular formula is C23H22ClF3N4O2. The summed E-state index contributed by atoms with van der Waals surface area (Å²) in [6.45, 7) is 4.13. The minimum atomic E-state index is -4.69. The molecule has 3 heterocycles. The molecule has 0 unspecified atom stereocenters. The van der Waals surface area contributed by atoms with Gasteiger partial charge in [-0.15, -0.1) is 0 Å². The predicted octanol–water partition coefficient (Wildman–Crippen LogP) is 4.75. The predicted molar refractivity (Wildman–Crippen MR) is 117 cm³/mol. The molecule has 1 aliphatic rings. The highest BCUT2D eigenvalue weighted by molar-refractivity contribution is 6.30. The number of carbonyl (C=O) groups excluding carboxylic acids is 1. The van der Waals surface area contributed by atoms with Gasteiger partial charge in [-0.25, -0.2) is 9.97 Å². The molecule has 0 bridgehead atoms. The number of carbonyl (C=O) groups is 1. The number of aryl methyl sites for hydroxylation is 1. The second-order valence-corrected chi connectivity index (χ2v) is 8.31. The monoisotopic (exact) mass is 478 g/mol. The number of nitrogens with zero attached hydrogens (tertiary/aromatic N) is 4. The van der Waals surface area contributed by atoms with Crippen LogP contribution in [0.15, 0.2) is 36.7 Å². The van der Waals surface area contributed by atoms with E-state index in [9.17, 15) is 18.0 Å². The van der Waals surface area contributed by atoms with Crippen LogP contribution < -0.4 is 0 Å². The van der Waals surface area contributed by atoms with Crippen molar-refractivity contribution in [3.8, 4) is 11.1 Å². The third-order valence-corrected chi connectivity index (χ3v) is 5.80. The van der Waals surface area contributed by atoms with Crippen molar-refractivity contribution in [1.82, 2.24) is 19.4 Å². The number of morpholine rings is 1.